The Morgan fingerprint density at radius 1 is 1.07 bits per heavy atom. The molecule has 1 heteroatoms. The molecule has 2 fully saturated rings. The molecule has 1 nitrogen and oxygen atoms in total. The van der Waals surface area contributed by atoms with Crippen molar-refractivity contribution in [2.75, 3.05) is 20.1 Å². The van der Waals surface area contributed by atoms with Crippen LogP contribution in [0.3, 0.4) is 0 Å². The predicted octanol–water partition coefficient (Wildman–Crippen LogP) is 3.26. The molecule has 0 aromatic carbocycles. The summed E-state index contributed by atoms with van der Waals surface area (Å²) in [6, 6.07) is 0. The third-order valence-electron chi connectivity index (χ3n) is 5.79. The number of nitrogens with zero attached hydrogens (tertiary/aromatic N) is 1. The lowest BCUT2D eigenvalue weighted by atomic mass is 9.56. The van der Waals surface area contributed by atoms with Gasteiger partial charge in [-0.15, -0.1) is 0 Å². The maximum absolute atomic E-state index is 2.53. The standard InChI is InChI=1S/C14H27N/c1-10-8-14(6-7-15(5)9-14)13(4)12(3)11(10)2/h10-13H,6-9H2,1-5H3. The van der Waals surface area contributed by atoms with Crippen molar-refractivity contribution < 1.29 is 0 Å². The minimum absolute atomic E-state index is 0.653. The summed E-state index contributed by atoms with van der Waals surface area (Å²) in [5.41, 5.74) is 0.653. The van der Waals surface area contributed by atoms with Crippen LogP contribution in [-0.4, -0.2) is 25.0 Å². The van der Waals surface area contributed by atoms with Gasteiger partial charge >= 0.3 is 0 Å². The van der Waals surface area contributed by atoms with Crippen LogP contribution >= 0.6 is 0 Å². The molecule has 1 saturated heterocycles. The van der Waals surface area contributed by atoms with Crippen molar-refractivity contribution in [1.29, 1.82) is 0 Å². The molecule has 0 aromatic heterocycles. The summed E-state index contributed by atoms with van der Waals surface area (Å²) >= 11 is 0. The molecule has 1 heterocycles. The highest BCUT2D eigenvalue weighted by Crippen LogP contribution is 2.53. The van der Waals surface area contributed by atoms with E-state index in [1.165, 1.54) is 25.9 Å². The number of hydrogen-bond acceptors (Lipinski definition) is 1. The average Bonchev–Trinajstić information content (AvgIpc) is 2.55. The zero-order valence-electron chi connectivity index (χ0n) is 11.1. The summed E-state index contributed by atoms with van der Waals surface area (Å²) in [7, 11) is 2.29. The molecular weight excluding hydrogens is 182 g/mol. The van der Waals surface area contributed by atoms with Gasteiger partial charge in [-0.3, -0.25) is 0 Å². The van der Waals surface area contributed by atoms with Crippen LogP contribution < -0.4 is 0 Å². The first-order chi connectivity index (χ1) is 6.96. The fourth-order valence-corrected chi connectivity index (χ4v) is 4.19. The van der Waals surface area contributed by atoms with E-state index in [1.807, 2.05) is 0 Å². The van der Waals surface area contributed by atoms with Crippen molar-refractivity contribution >= 4 is 0 Å². The fraction of sp³-hybridized carbons (Fsp3) is 1.00. The Kier molecular flexibility index (Phi) is 2.87. The van der Waals surface area contributed by atoms with Gasteiger partial charge in [0.2, 0.25) is 0 Å². The highest BCUT2D eigenvalue weighted by Gasteiger charge is 2.49. The highest BCUT2D eigenvalue weighted by molar-refractivity contribution is 4.99. The van der Waals surface area contributed by atoms with E-state index in [4.69, 9.17) is 0 Å². The lowest BCUT2D eigenvalue weighted by Gasteiger charge is -2.49. The van der Waals surface area contributed by atoms with Gasteiger partial charge in [0.05, 0.1) is 0 Å². The minimum Gasteiger partial charge on any atom is -0.306 e. The van der Waals surface area contributed by atoms with Crippen molar-refractivity contribution in [3.05, 3.63) is 0 Å². The van der Waals surface area contributed by atoms with Crippen LogP contribution in [0.2, 0.25) is 0 Å². The molecule has 0 N–H and O–H groups in total. The summed E-state index contributed by atoms with van der Waals surface area (Å²) in [4.78, 5) is 2.53. The van der Waals surface area contributed by atoms with Gasteiger partial charge in [-0.25, -0.2) is 0 Å². The van der Waals surface area contributed by atoms with Gasteiger partial charge in [0.15, 0.2) is 0 Å². The van der Waals surface area contributed by atoms with Crippen molar-refractivity contribution in [2.45, 2.75) is 40.5 Å². The molecule has 1 spiro atoms. The Morgan fingerprint density at radius 3 is 2.27 bits per heavy atom. The van der Waals surface area contributed by atoms with Gasteiger partial charge in [0.1, 0.15) is 0 Å². The van der Waals surface area contributed by atoms with Gasteiger partial charge in [-0.1, -0.05) is 27.7 Å². The van der Waals surface area contributed by atoms with E-state index in [9.17, 15) is 0 Å². The second-order valence-corrected chi connectivity index (χ2v) is 6.54. The monoisotopic (exact) mass is 209 g/mol. The Labute approximate surface area is 95.2 Å². The van der Waals surface area contributed by atoms with Crippen molar-refractivity contribution in [3.63, 3.8) is 0 Å². The zero-order valence-corrected chi connectivity index (χ0v) is 11.1. The Balaban J connectivity index is 2.19. The molecule has 15 heavy (non-hydrogen) atoms. The molecule has 1 saturated carbocycles. The van der Waals surface area contributed by atoms with Gasteiger partial charge in [-0.05, 0) is 55.5 Å². The second kappa shape index (κ2) is 3.76. The van der Waals surface area contributed by atoms with E-state index < -0.39 is 0 Å². The molecule has 0 radical (unpaired) electrons. The van der Waals surface area contributed by atoms with Gasteiger partial charge in [-0.2, -0.15) is 0 Å². The predicted molar refractivity (Wildman–Crippen MR) is 65.8 cm³/mol. The van der Waals surface area contributed by atoms with Gasteiger partial charge in [0, 0.05) is 6.54 Å². The van der Waals surface area contributed by atoms with Crippen molar-refractivity contribution in [2.24, 2.45) is 29.1 Å². The van der Waals surface area contributed by atoms with E-state index in [1.54, 1.807) is 0 Å². The Morgan fingerprint density at radius 2 is 1.73 bits per heavy atom. The van der Waals surface area contributed by atoms with Crippen LogP contribution in [0.5, 0.6) is 0 Å². The zero-order chi connectivity index (χ0) is 11.2. The Bertz CT molecular complexity index is 237. The molecule has 2 rings (SSSR count). The quantitative estimate of drug-likeness (QED) is 0.592. The summed E-state index contributed by atoms with van der Waals surface area (Å²) in [6.45, 7) is 12.6. The molecule has 5 atom stereocenters. The highest BCUT2D eigenvalue weighted by atomic mass is 15.1. The molecule has 0 bridgehead atoms. The number of likely N-dealkylation sites (tertiary alicyclic amines) is 1. The number of rotatable bonds is 0. The first-order valence-corrected chi connectivity index (χ1v) is 6.65. The average molecular weight is 209 g/mol. The molecular formula is C14H27N. The summed E-state index contributed by atoms with van der Waals surface area (Å²) < 4.78 is 0. The summed E-state index contributed by atoms with van der Waals surface area (Å²) in [5, 5.41) is 0. The van der Waals surface area contributed by atoms with E-state index in [0.29, 0.717) is 5.41 Å². The van der Waals surface area contributed by atoms with E-state index in [-0.39, 0.29) is 0 Å². The third kappa shape index (κ3) is 1.73. The summed E-state index contributed by atoms with van der Waals surface area (Å²) in [6.07, 6.45) is 2.90. The lowest BCUT2D eigenvalue weighted by Crippen LogP contribution is -2.45. The SMILES string of the molecule is CC1CC2(CCN(C)C2)C(C)C(C)C1C. The smallest absolute Gasteiger partial charge is 0.00382 e. The number of hydrogen-bond donors (Lipinski definition) is 0. The largest absolute Gasteiger partial charge is 0.306 e. The molecule has 1 aliphatic carbocycles. The van der Waals surface area contributed by atoms with Crippen molar-refractivity contribution in [1.82, 2.24) is 4.90 Å². The molecule has 0 aromatic rings. The first kappa shape index (κ1) is 11.4. The van der Waals surface area contributed by atoms with Crippen LogP contribution in [0.4, 0.5) is 0 Å². The van der Waals surface area contributed by atoms with Crippen LogP contribution in [0.25, 0.3) is 0 Å². The lowest BCUT2D eigenvalue weighted by molar-refractivity contribution is -0.000355. The first-order valence-electron chi connectivity index (χ1n) is 6.65. The van der Waals surface area contributed by atoms with Crippen LogP contribution in [-0.2, 0) is 0 Å². The minimum atomic E-state index is 0.653. The topological polar surface area (TPSA) is 3.24 Å². The van der Waals surface area contributed by atoms with E-state index in [2.05, 4.69) is 39.6 Å². The Hall–Kier alpha value is -0.0400. The normalized spacial score (nSPS) is 52.6. The van der Waals surface area contributed by atoms with Crippen molar-refractivity contribution in [3.8, 4) is 0 Å². The maximum atomic E-state index is 2.53. The van der Waals surface area contributed by atoms with Gasteiger partial charge in [0.25, 0.3) is 0 Å². The fourth-order valence-electron chi connectivity index (χ4n) is 4.19. The molecule has 88 valence electrons. The molecule has 1 aliphatic heterocycles. The van der Waals surface area contributed by atoms with E-state index in [0.717, 1.165) is 23.7 Å². The maximum Gasteiger partial charge on any atom is 0.00382 e. The molecule has 5 unspecified atom stereocenters. The van der Waals surface area contributed by atoms with E-state index >= 15 is 0 Å². The van der Waals surface area contributed by atoms with Crippen LogP contribution in [0.15, 0.2) is 0 Å². The van der Waals surface area contributed by atoms with Crippen LogP contribution in [0, 0.1) is 29.1 Å². The summed E-state index contributed by atoms with van der Waals surface area (Å²) in [5.74, 6) is 3.65. The second-order valence-electron chi connectivity index (χ2n) is 6.54. The molecule has 2 aliphatic rings. The third-order valence-corrected chi connectivity index (χ3v) is 5.79. The van der Waals surface area contributed by atoms with Gasteiger partial charge < -0.3 is 4.90 Å². The molecule has 0 amide bonds. The van der Waals surface area contributed by atoms with Crippen LogP contribution in [0.1, 0.15) is 40.5 Å².